The van der Waals surface area contributed by atoms with Gasteiger partial charge < -0.3 is 9.30 Å². The Labute approximate surface area is 117 Å². The van der Waals surface area contributed by atoms with Crippen molar-refractivity contribution >= 4 is 5.97 Å². The zero-order chi connectivity index (χ0) is 15.4. The van der Waals surface area contributed by atoms with Gasteiger partial charge in [-0.1, -0.05) is 13.8 Å². The summed E-state index contributed by atoms with van der Waals surface area (Å²) < 4.78 is 7.09. The fourth-order valence-electron chi connectivity index (χ4n) is 1.94. The lowest BCUT2D eigenvalue weighted by molar-refractivity contribution is -0.144. The predicted octanol–water partition coefficient (Wildman–Crippen LogP) is -0.629. The minimum absolute atomic E-state index is 0.0267. The lowest BCUT2D eigenvalue weighted by Crippen LogP contribution is -2.44. The van der Waals surface area contributed by atoms with Crippen LogP contribution in [0.4, 0.5) is 0 Å². The van der Waals surface area contributed by atoms with Crippen molar-refractivity contribution in [1.82, 2.24) is 14.5 Å². The van der Waals surface area contributed by atoms with E-state index in [4.69, 9.17) is 4.74 Å². The second-order valence-corrected chi connectivity index (χ2v) is 5.04. The molecular weight excluding hydrogens is 262 g/mol. The summed E-state index contributed by atoms with van der Waals surface area (Å²) in [6.45, 7) is 3.96. The summed E-state index contributed by atoms with van der Waals surface area (Å²) in [7, 11) is 4.32. The van der Waals surface area contributed by atoms with E-state index in [9.17, 15) is 14.4 Å². The van der Waals surface area contributed by atoms with Crippen LogP contribution in [0.25, 0.3) is 0 Å². The highest BCUT2D eigenvalue weighted by molar-refractivity contribution is 5.75. The van der Waals surface area contributed by atoms with Crippen LogP contribution in [0.1, 0.15) is 19.4 Å². The molecule has 1 heterocycles. The molecule has 0 amide bonds. The van der Waals surface area contributed by atoms with Gasteiger partial charge in [0.25, 0.3) is 5.56 Å². The van der Waals surface area contributed by atoms with Crippen LogP contribution in [0.3, 0.4) is 0 Å². The number of nitrogens with one attached hydrogen (secondary N) is 1. The maximum atomic E-state index is 12.0. The van der Waals surface area contributed by atoms with Gasteiger partial charge in [0.05, 0.1) is 7.11 Å². The summed E-state index contributed by atoms with van der Waals surface area (Å²) in [5.74, 6) is -0.347. The first-order chi connectivity index (χ1) is 9.29. The zero-order valence-corrected chi connectivity index (χ0v) is 12.5. The molecule has 0 saturated heterocycles. The number of hydrogen-bond acceptors (Lipinski definition) is 5. The fourth-order valence-corrected chi connectivity index (χ4v) is 1.94. The van der Waals surface area contributed by atoms with Gasteiger partial charge in [0.15, 0.2) is 0 Å². The van der Waals surface area contributed by atoms with Crippen molar-refractivity contribution in [2.24, 2.45) is 20.0 Å². The molecule has 1 N–H and O–H groups in total. The Hall–Kier alpha value is -1.89. The molecule has 0 bridgehead atoms. The number of aromatic nitrogens is 2. The van der Waals surface area contributed by atoms with Gasteiger partial charge >= 0.3 is 11.7 Å². The third-order valence-electron chi connectivity index (χ3n) is 3.15. The number of esters is 1. The number of hydrogen-bond donors (Lipinski definition) is 1. The molecule has 112 valence electrons. The number of carbonyl (C=O) groups excluding carboxylic acids is 1. The van der Waals surface area contributed by atoms with Crippen molar-refractivity contribution < 1.29 is 9.53 Å². The summed E-state index contributed by atoms with van der Waals surface area (Å²) >= 11 is 0. The van der Waals surface area contributed by atoms with Crippen molar-refractivity contribution in [3.05, 3.63) is 32.6 Å². The molecule has 7 nitrogen and oxygen atoms in total. The van der Waals surface area contributed by atoms with Crippen LogP contribution in [0.2, 0.25) is 0 Å². The highest BCUT2D eigenvalue weighted by Crippen LogP contribution is 2.04. The number of nitrogens with zero attached hydrogens (tertiary/aromatic N) is 2. The van der Waals surface area contributed by atoms with E-state index in [1.807, 2.05) is 13.8 Å². The van der Waals surface area contributed by atoms with Crippen molar-refractivity contribution in [3.8, 4) is 0 Å². The number of ether oxygens (including phenoxy) is 1. The van der Waals surface area contributed by atoms with Crippen LogP contribution in [0, 0.1) is 5.92 Å². The van der Waals surface area contributed by atoms with E-state index in [1.165, 1.54) is 24.9 Å². The molecule has 1 aromatic heterocycles. The third-order valence-corrected chi connectivity index (χ3v) is 3.15. The van der Waals surface area contributed by atoms with E-state index < -0.39 is 6.04 Å². The first kappa shape index (κ1) is 16.2. The van der Waals surface area contributed by atoms with Gasteiger partial charge in [-0.3, -0.25) is 19.5 Å². The minimum Gasteiger partial charge on any atom is -0.468 e. The SMILES string of the molecule is COC(=O)[C@@H](NCc1cn(C)c(=O)n(C)c1=O)C(C)C. The van der Waals surface area contributed by atoms with E-state index in [0.717, 1.165) is 4.57 Å². The standard InChI is InChI=1S/C13H21N3O4/c1-8(2)10(12(18)20-5)14-6-9-7-15(3)13(19)16(4)11(9)17/h7-8,10,14H,6H2,1-5H3/t10-/m0/s1. The Morgan fingerprint density at radius 3 is 2.45 bits per heavy atom. The quantitative estimate of drug-likeness (QED) is 0.728. The Bertz CT molecular complexity index is 601. The van der Waals surface area contributed by atoms with E-state index >= 15 is 0 Å². The Morgan fingerprint density at radius 1 is 1.35 bits per heavy atom. The Morgan fingerprint density at radius 2 is 1.95 bits per heavy atom. The second kappa shape index (κ2) is 6.51. The van der Waals surface area contributed by atoms with Crippen molar-refractivity contribution in [2.45, 2.75) is 26.4 Å². The number of aryl methyl sites for hydroxylation is 1. The average Bonchev–Trinajstić information content (AvgIpc) is 2.41. The topological polar surface area (TPSA) is 82.3 Å². The van der Waals surface area contributed by atoms with Gasteiger partial charge in [0, 0.05) is 32.4 Å². The van der Waals surface area contributed by atoms with Gasteiger partial charge in [-0.25, -0.2) is 4.79 Å². The van der Waals surface area contributed by atoms with E-state index in [0.29, 0.717) is 5.56 Å². The Balaban J connectivity index is 2.98. The molecule has 0 unspecified atom stereocenters. The molecule has 0 aliphatic heterocycles. The molecule has 0 spiro atoms. The second-order valence-electron chi connectivity index (χ2n) is 5.04. The summed E-state index contributed by atoms with van der Waals surface area (Å²) in [6.07, 6.45) is 1.48. The average molecular weight is 283 g/mol. The molecule has 7 heteroatoms. The lowest BCUT2D eigenvalue weighted by atomic mass is 10.0. The van der Waals surface area contributed by atoms with Crippen LogP contribution in [0.5, 0.6) is 0 Å². The summed E-state index contributed by atoms with van der Waals surface area (Å²) in [4.78, 5) is 35.2. The molecule has 1 aromatic rings. The molecule has 1 atom stereocenters. The van der Waals surface area contributed by atoms with Crippen molar-refractivity contribution in [2.75, 3.05) is 7.11 Å². The summed E-state index contributed by atoms with van der Waals surface area (Å²) in [5.41, 5.74) is -0.329. The largest absolute Gasteiger partial charge is 0.468 e. The molecule has 0 aromatic carbocycles. The summed E-state index contributed by atoms with van der Waals surface area (Å²) in [5, 5.41) is 3.00. The van der Waals surface area contributed by atoms with Crippen molar-refractivity contribution in [3.63, 3.8) is 0 Å². The fraction of sp³-hybridized carbons (Fsp3) is 0.615. The van der Waals surface area contributed by atoms with Crippen LogP contribution >= 0.6 is 0 Å². The number of methoxy groups -OCH3 is 1. The zero-order valence-electron chi connectivity index (χ0n) is 12.5. The maximum Gasteiger partial charge on any atom is 0.330 e. The van der Waals surface area contributed by atoms with E-state index in [-0.39, 0.29) is 29.7 Å². The predicted molar refractivity (Wildman–Crippen MR) is 74.4 cm³/mol. The first-order valence-corrected chi connectivity index (χ1v) is 6.36. The number of carbonyl (C=O) groups is 1. The minimum atomic E-state index is -0.498. The molecular formula is C13H21N3O4. The van der Waals surface area contributed by atoms with E-state index in [1.54, 1.807) is 7.05 Å². The normalized spacial score (nSPS) is 12.5. The van der Waals surface area contributed by atoms with Crippen LogP contribution < -0.4 is 16.6 Å². The van der Waals surface area contributed by atoms with Gasteiger partial charge in [-0.15, -0.1) is 0 Å². The Kier molecular flexibility index (Phi) is 5.26. The van der Waals surface area contributed by atoms with Gasteiger partial charge in [-0.2, -0.15) is 0 Å². The van der Waals surface area contributed by atoms with E-state index in [2.05, 4.69) is 5.32 Å². The highest BCUT2D eigenvalue weighted by Gasteiger charge is 2.22. The monoisotopic (exact) mass is 283 g/mol. The molecule has 0 aliphatic rings. The maximum absolute atomic E-state index is 12.0. The molecule has 20 heavy (non-hydrogen) atoms. The first-order valence-electron chi connectivity index (χ1n) is 6.36. The van der Waals surface area contributed by atoms with Gasteiger partial charge in [0.1, 0.15) is 6.04 Å². The van der Waals surface area contributed by atoms with Gasteiger partial charge in [0.2, 0.25) is 0 Å². The lowest BCUT2D eigenvalue weighted by Gasteiger charge is -2.19. The van der Waals surface area contributed by atoms with Crippen molar-refractivity contribution in [1.29, 1.82) is 0 Å². The van der Waals surface area contributed by atoms with Crippen LogP contribution in [0.15, 0.2) is 15.8 Å². The number of rotatable bonds is 5. The molecule has 0 aliphatic carbocycles. The highest BCUT2D eigenvalue weighted by atomic mass is 16.5. The van der Waals surface area contributed by atoms with Crippen LogP contribution in [-0.2, 0) is 30.2 Å². The van der Waals surface area contributed by atoms with Gasteiger partial charge in [-0.05, 0) is 5.92 Å². The molecule has 1 rings (SSSR count). The van der Waals surface area contributed by atoms with Crippen LogP contribution in [-0.4, -0.2) is 28.3 Å². The third kappa shape index (κ3) is 3.36. The molecule has 0 fully saturated rings. The smallest absolute Gasteiger partial charge is 0.330 e. The summed E-state index contributed by atoms with van der Waals surface area (Å²) in [6, 6.07) is -0.498. The molecule has 0 radical (unpaired) electrons. The molecule has 0 saturated carbocycles.